The SMILES string of the molecule is NCCCC(=O)NCC1(c2ccc(F)cc2)CCCCC1. The molecule has 1 saturated carbocycles. The molecule has 4 heteroatoms. The van der Waals surface area contributed by atoms with Crippen LogP contribution in [-0.4, -0.2) is 19.0 Å². The summed E-state index contributed by atoms with van der Waals surface area (Å²) in [5.74, 6) is -0.149. The Morgan fingerprint density at radius 1 is 1.19 bits per heavy atom. The van der Waals surface area contributed by atoms with Crippen LogP contribution < -0.4 is 11.1 Å². The molecule has 116 valence electrons. The Morgan fingerprint density at radius 3 is 2.48 bits per heavy atom. The third-order valence-corrected chi connectivity index (χ3v) is 4.50. The molecule has 21 heavy (non-hydrogen) atoms. The number of nitrogens with two attached hydrogens (primary N) is 1. The van der Waals surface area contributed by atoms with E-state index in [4.69, 9.17) is 5.73 Å². The van der Waals surface area contributed by atoms with Crippen LogP contribution in [0.5, 0.6) is 0 Å². The molecule has 1 aromatic rings. The summed E-state index contributed by atoms with van der Waals surface area (Å²) in [5.41, 5.74) is 6.54. The number of benzene rings is 1. The van der Waals surface area contributed by atoms with Crippen molar-refractivity contribution in [3.05, 3.63) is 35.6 Å². The highest BCUT2D eigenvalue weighted by molar-refractivity contribution is 5.76. The van der Waals surface area contributed by atoms with Crippen LogP contribution in [0.25, 0.3) is 0 Å². The van der Waals surface area contributed by atoms with Gasteiger partial charge in [-0.1, -0.05) is 31.4 Å². The van der Waals surface area contributed by atoms with Crippen molar-refractivity contribution in [2.24, 2.45) is 5.73 Å². The molecule has 1 aromatic carbocycles. The van der Waals surface area contributed by atoms with Crippen LogP contribution in [0, 0.1) is 5.82 Å². The molecule has 1 aliphatic rings. The molecule has 2 rings (SSSR count). The minimum atomic E-state index is -0.211. The quantitative estimate of drug-likeness (QED) is 0.847. The van der Waals surface area contributed by atoms with Crippen molar-refractivity contribution in [2.75, 3.05) is 13.1 Å². The highest BCUT2D eigenvalue weighted by Gasteiger charge is 2.34. The second-order valence-electron chi connectivity index (χ2n) is 6.02. The minimum Gasteiger partial charge on any atom is -0.355 e. The largest absolute Gasteiger partial charge is 0.355 e. The Hall–Kier alpha value is -1.42. The third kappa shape index (κ3) is 4.27. The standard InChI is InChI=1S/C17H25FN2O/c18-15-8-6-14(7-9-15)17(10-2-1-3-11-17)13-20-16(21)5-4-12-19/h6-9H,1-5,10-13,19H2,(H,20,21). The van der Waals surface area contributed by atoms with E-state index in [2.05, 4.69) is 5.32 Å². The fourth-order valence-electron chi connectivity index (χ4n) is 3.22. The molecule has 0 spiro atoms. The van der Waals surface area contributed by atoms with Crippen LogP contribution in [-0.2, 0) is 10.2 Å². The smallest absolute Gasteiger partial charge is 0.220 e. The molecule has 0 aromatic heterocycles. The summed E-state index contributed by atoms with van der Waals surface area (Å²) < 4.78 is 13.2. The van der Waals surface area contributed by atoms with Crippen molar-refractivity contribution < 1.29 is 9.18 Å². The molecule has 0 unspecified atom stereocenters. The molecular weight excluding hydrogens is 267 g/mol. The molecule has 0 atom stereocenters. The number of halogens is 1. The number of amides is 1. The fourth-order valence-corrected chi connectivity index (χ4v) is 3.22. The van der Waals surface area contributed by atoms with Crippen LogP contribution in [0.2, 0.25) is 0 Å². The minimum absolute atomic E-state index is 0.0374. The van der Waals surface area contributed by atoms with Gasteiger partial charge in [-0.3, -0.25) is 4.79 Å². The average molecular weight is 292 g/mol. The highest BCUT2D eigenvalue weighted by Crippen LogP contribution is 2.39. The van der Waals surface area contributed by atoms with Gasteiger partial charge in [-0.05, 0) is 43.5 Å². The zero-order valence-electron chi connectivity index (χ0n) is 12.5. The van der Waals surface area contributed by atoms with E-state index in [1.54, 1.807) is 0 Å². The second kappa shape index (κ2) is 7.55. The summed E-state index contributed by atoms with van der Waals surface area (Å²) >= 11 is 0. The van der Waals surface area contributed by atoms with Crippen LogP contribution >= 0.6 is 0 Å². The summed E-state index contributed by atoms with van der Waals surface area (Å²) in [5, 5.41) is 3.05. The normalized spacial score (nSPS) is 17.4. The Morgan fingerprint density at radius 2 is 1.86 bits per heavy atom. The first-order valence-corrected chi connectivity index (χ1v) is 7.89. The second-order valence-corrected chi connectivity index (χ2v) is 6.02. The van der Waals surface area contributed by atoms with E-state index >= 15 is 0 Å². The molecular formula is C17H25FN2O. The zero-order valence-corrected chi connectivity index (χ0v) is 12.5. The van der Waals surface area contributed by atoms with Crippen molar-refractivity contribution in [1.82, 2.24) is 5.32 Å². The lowest BCUT2D eigenvalue weighted by molar-refractivity contribution is -0.121. The molecule has 1 fully saturated rings. The summed E-state index contributed by atoms with van der Waals surface area (Å²) in [6.07, 6.45) is 6.87. The highest BCUT2D eigenvalue weighted by atomic mass is 19.1. The van der Waals surface area contributed by atoms with Crippen LogP contribution in [0.15, 0.2) is 24.3 Å². The first-order chi connectivity index (χ1) is 10.2. The van der Waals surface area contributed by atoms with Gasteiger partial charge in [0.1, 0.15) is 5.82 Å². The Kier molecular flexibility index (Phi) is 5.74. The van der Waals surface area contributed by atoms with Gasteiger partial charge in [-0.15, -0.1) is 0 Å². The zero-order chi connectivity index (χ0) is 15.1. The summed E-state index contributed by atoms with van der Waals surface area (Å²) in [4.78, 5) is 11.8. The van der Waals surface area contributed by atoms with Gasteiger partial charge in [0.25, 0.3) is 0 Å². The van der Waals surface area contributed by atoms with Crippen molar-refractivity contribution in [2.45, 2.75) is 50.4 Å². The van der Waals surface area contributed by atoms with Crippen LogP contribution in [0.3, 0.4) is 0 Å². The number of rotatable bonds is 6. The van der Waals surface area contributed by atoms with Crippen LogP contribution in [0.1, 0.15) is 50.5 Å². The summed E-state index contributed by atoms with van der Waals surface area (Å²) in [7, 11) is 0. The van der Waals surface area contributed by atoms with Gasteiger partial charge in [0, 0.05) is 18.4 Å². The first kappa shape index (κ1) is 16.0. The number of carbonyl (C=O) groups excluding carboxylic acids is 1. The Labute approximate surface area is 126 Å². The summed E-state index contributed by atoms with van der Waals surface area (Å²) in [6.45, 7) is 1.18. The molecule has 0 radical (unpaired) electrons. The van der Waals surface area contributed by atoms with E-state index < -0.39 is 0 Å². The molecule has 3 N–H and O–H groups in total. The lowest BCUT2D eigenvalue weighted by atomic mass is 9.69. The van der Waals surface area contributed by atoms with E-state index in [0.717, 1.165) is 37.7 Å². The van der Waals surface area contributed by atoms with E-state index in [1.165, 1.54) is 18.6 Å². The first-order valence-electron chi connectivity index (χ1n) is 7.89. The Bertz CT molecular complexity index is 452. The summed E-state index contributed by atoms with van der Waals surface area (Å²) in [6, 6.07) is 6.77. The van der Waals surface area contributed by atoms with Gasteiger partial charge >= 0.3 is 0 Å². The molecule has 0 bridgehead atoms. The van der Waals surface area contributed by atoms with E-state index in [-0.39, 0.29) is 17.1 Å². The van der Waals surface area contributed by atoms with Gasteiger partial charge < -0.3 is 11.1 Å². The Balaban J connectivity index is 2.06. The maximum Gasteiger partial charge on any atom is 0.220 e. The van der Waals surface area contributed by atoms with Gasteiger partial charge in [-0.25, -0.2) is 4.39 Å². The van der Waals surface area contributed by atoms with Crippen LogP contribution in [0.4, 0.5) is 4.39 Å². The molecule has 0 aliphatic heterocycles. The van der Waals surface area contributed by atoms with Gasteiger partial charge in [0.2, 0.25) is 5.91 Å². The van der Waals surface area contributed by atoms with Gasteiger partial charge in [0.05, 0.1) is 0 Å². The number of hydrogen-bond donors (Lipinski definition) is 2. The third-order valence-electron chi connectivity index (χ3n) is 4.50. The molecule has 1 amide bonds. The van der Waals surface area contributed by atoms with Crippen molar-refractivity contribution in [1.29, 1.82) is 0 Å². The number of nitrogens with one attached hydrogen (secondary N) is 1. The van der Waals surface area contributed by atoms with Crippen molar-refractivity contribution >= 4 is 5.91 Å². The predicted molar refractivity (Wildman–Crippen MR) is 82.5 cm³/mol. The molecule has 1 aliphatic carbocycles. The fraction of sp³-hybridized carbons (Fsp3) is 0.588. The monoisotopic (exact) mass is 292 g/mol. The maximum atomic E-state index is 13.2. The van der Waals surface area contributed by atoms with E-state index in [9.17, 15) is 9.18 Å². The lowest BCUT2D eigenvalue weighted by Gasteiger charge is -2.38. The average Bonchev–Trinajstić information content (AvgIpc) is 2.52. The number of carbonyl (C=O) groups is 1. The van der Waals surface area contributed by atoms with E-state index in [1.807, 2.05) is 12.1 Å². The molecule has 0 heterocycles. The predicted octanol–water partition coefficient (Wildman–Crippen LogP) is 2.88. The lowest BCUT2D eigenvalue weighted by Crippen LogP contribution is -2.42. The maximum absolute atomic E-state index is 13.2. The number of hydrogen-bond acceptors (Lipinski definition) is 2. The van der Waals surface area contributed by atoms with Gasteiger partial charge in [0.15, 0.2) is 0 Å². The van der Waals surface area contributed by atoms with Crippen molar-refractivity contribution in [3.63, 3.8) is 0 Å². The van der Waals surface area contributed by atoms with E-state index in [0.29, 0.717) is 19.5 Å². The molecule has 3 nitrogen and oxygen atoms in total. The molecule has 0 saturated heterocycles. The topological polar surface area (TPSA) is 55.1 Å². The van der Waals surface area contributed by atoms with Gasteiger partial charge in [-0.2, -0.15) is 0 Å². The van der Waals surface area contributed by atoms with Crippen molar-refractivity contribution in [3.8, 4) is 0 Å².